The van der Waals surface area contributed by atoms with E-state index in [0.29, 0.717) is 19.1 Å². The first-order chi connectivity index (χ1) is 13.4. The van der Waals surface area contributed by atoms with Crippen LogP contribution in [0.25, 0.3) is 0 Å². The summed E-state index contributed by atoms with van der Waals surface area (Å²) in [6, 6.07) is 5.90. The third-order valence-corrected chi connectivity index (χ3v) is 5.86. The second-order valence-corrected chi connectivity index (χ2v) is 8.05. The first kappa shape index (κ1) is 21.0. The minimum atomic E-state index is -0.555. The van der Waals surface area contributed by atoms with Gasteiger partial charge in [0.25, 0.3) is 0 Å². The first-order valence-electron chi connectivity index (χ1n) is 10.1. The average molecular weight is 392 g/mol. The maximum absolute atomic E-state index is 11.5. The number of aliphatic hydroxyl groups is 2. The first-order valence-corrected chi connectivity index (χ1v) is 10.1. The third-order valence-electron chi connectivity index (χ3n) is 5.86. The highest BCUT2D eigenvalue weighted by atomic mass is 16.5. The quantitative estimate of drug-likeness (QED) is 0.553. The number of hydrazine groups is 1. The summed E-state index contributed by atoms with van der Waals surface area (Å²) in [6.45, 7) is 4.82. The van der Waals surface area contributed by atoms with Crippen LogP contribution in [-0.2, 0) is 4.79 Å². The van der Waals surface area contributed by atoms with Crippen LogP contribution in [0, 0.1) is 11.8 Å². The molecule has 3 N–H and O–H groups in total. The number of nitrogens with zero attached hydrogens (tertiary/aromatic N) is 1. The maximum Gasteiger partial charge on any atom is 0.173 e. The number of hydrogen-bond acceptors (Lipinski definition) is 7. The van der Waals surface area contributed by atoms with Gasteiger partial charge >= 0.3 is 0 Å². The molecule has 1 saturated carbocycles. The van der Waals surface area contributed by atoms with E-state index >= 15 is 0 Å². The predicted molar refractivity (Wildman–Crippen MR) is 105 cm³/mol. The van der Waals surface area contributed by atoms with Gasteiger partial charge in [-0.1, -0.05) is 13.0 Å². The fourth-order valence-corrected chi connectivity index (χ4v) is 4.07. The van der Waals surface area contributed by atoms with E-state index in [1.807, 2.05) is 23.2 Å². The smallest absolute Gasteiger partial charge is 0.173 e. The lowest BCUT2D eigenvalue weighted by Crippen LogP contribution is -2.49. The molecule has 0 amide bonds. The molecule has 1 unspecified atom stereocenters. The van der Waals surface area contributed by atoms with Crippen LogP contribution in [0.3, 0.4) is 0 Å². The highest BCUT2D eigenvalue weighted by Gasteiger charge is 2.42. The van der Waals surface area contributed by atoms with Crippen LogP contribution in [0.1, 0.15) is 38.2 Å². The Labute approximate surface area is 166 Å². The lowest BCUT2D eigenvalue weighted by atomic mass is 9.85. The number of ether oxygens (including phenoxy) is 2. The number of carbonyl (C=O) groups excluding carboxylic acids is 1. The van der Waals surface area contributed by atoms with Gasteiger partial charge in [-0.25, -0.2) is 10.4 Å². The monoisotopic (exact) mass is 392 g/mol. The van der Waals surface area contributed by atoms with Crippen molar-refractivity contribution < 1.29 is 24.5 Å². The van der Waals surface area contributed by atoms with Crippen molar-refractivity contribution in [3.8, 4) is 11.5 Å². The Morgan fingerprint density at radius 1 is 1.36 bits per heavy atom. The highest BCUT2D eigenvalue weighted by Crippen LogP contribution is 2.41. The molecule has 2 fully saturated rings. The maximum atomic E-state index is 11.5. The van der Waals surface area contributed by atoms with Crippen molar-refractivity contribution >= 4 is 5.78 Å². The molecule has 0 spiro atoms. The van der Waals surface area contributed by atoms with E-state index in [4.69, 9.17) is 14.6 Å². The van der Waals surface area contributed by atoms with Gasteiger partial charge in [0, 0.05) is 12.5 Å². The van der Waals surface area contributed by atoms with Crippen LogP contribution in [0.4, 0.5) is 0 Å². The Morgan fingerprint density at radius 2 is 2.11 bits per heavy atom. The summed E-state index contributed by atoms with van der Waals surface area (Å²) >= 11 is 0. The fourth-order valence-electron chi connectivity index (χ4n) is 4.07. The molecule has 1 heterocycles. The predicted octanol–water partition coefficient (Wildman–Crippen LogP) is 1.33. The zero-order valence-corrected chi connectivity index (χ0v) is 16.9. The van der Waals surface area contributed by atoms with E-state index in [1.54, 1.807) is 14.0 Å². The Balaban J connectivity index is 1.77. The normalized spacial score (nSPS) is 26.2. The van der Waals surface area contributed by atoms with Gasteiger partial charge in [-0.2, -0.15) is 0 Å². The molecule has 156 valence electrons. The number of aliphatic hydroxyl groups excluding tert-OH is 2. The van der Waals surface area contributed by atoms with Gasteiger partial charge in [0.15, 0.2) is 17.3 Å². The molecular formula is C21H32N2O5. The molecule has 1 aromatic carbocycles. The number of ketones is 1. The summed E-state index contributed by atoms with van der Waals surface area (Å²) in [5, 5.41) is 21.2. The molecule has 1 aromatic rings. The molecule has 0 bridgehead atoms. The van der Waals surface area contributed by atoms with Crippen LogP contribution >= 0.6 is 0 Å². The van der Waals surface area contributed by atoms with Crippen molar-refractivity contribution in [1.29, 1.82) is 0 Å². The summed E-state index contributed by atoms with van der Waals surface area (Å²) in [6.07, 6.45) is 1.90. The summed E-state index contributed by atoms with van der Waals surface area (Å²) in [4.78, 5) is 11.5. The Bertz CT molecular complexity index is 677. The second kappa shape index (κ2) is 9.22. The number of carbonyl (C=O) groups is 1. The van der Waals surface area contributed by atoms with E-state index in [1.165, 1.54) is 12.8 Å². The van der Waals surface area contributed by atoms with Gasteiger partial charge in [-0.3, -0.25) is 4.79 Å². The summed E-state index contributed by atoms with van der Waals surface area (Å²) < 4.78 is 11.5. The number of hydrogen-bond donors (Lipinski definition) is 3. The van der Waals surface area contributed by atoms with Crippen LogP contribution in [-0.4, -0.2) is 66.6 Å². The summed E-state index contributed by atoms with van der Waals surface area (Å²) in [5.41, 5.74) is 4.21. The number of rotatable bonds is 10. The molecule has 0 radical (unpaired) electrons. The average Bonchev–Trinajstić information content (AvgIpc) is 3.45. The highest BCUT2D eigenvalue weighted by molar-refractivity contribution is 5.81. The summed E-state index contributed by atoms with van der Waals surface area (Å²) in [7, 11) is 1.64. The molecular weight excluding hydrogens is 360 g/mol. The van der Waals surface area contributed by atoms with Gasteiger partial charge in [0.2, 0.25) is 0 Å². The largest absolute Gasteiger partial charge is 0.493 e. The molecule has 28 heavy (non-hydrogen) atoms. The summed E-state index contributed by atoms with van der Waals surface area (Å²) in [5.74, 6) is 2.20. The number of benzene rings is 1. The standard InChI is InChI=1S/C21H32N2O5/c1-13-18(10-23(21(13)14(2)25)22-9-17(26)11-24)16-6-7-19(27-3)20(8-16)28-12-15-4-5-15/h6-8,13-15,18,21-22,24-25H,4-5,9-12H2,1-3H3/t13-,14+,18-,21?/m0/s1. The molecule has 3 rings (SSSR count). The molecule has 2 aliphatic rings. The van der Waals surface area contributed by atoms with E-state index < -0.39 is 12.7 Å². The van der Waals surface area contributed by atoms with Crippen LogP contribution < -0.4 is 14.9 Å². The van der Waals surface area contributed by atoms with Crippen molar-refractivity contribution in [3.63, 3.8) is 0 Å². The Morgan fingerprint density at radius 3 is 2.71 bits per heavy atom. The van der Waals surface area contributed by atoms with Gasteiger partial charge < -0.3 is 19.7 Å². The molecule has 1 aliphatic carbocycles. The van der Waals surface area contributed by atoms with Gasteiger partial charge in [-0.15, -0.1) is 0 Å². The number of Topliss-reactive ketones (excluding diaryl/α,β-unsaturated/α-hetero) is 1. The SMILES string of the molecule is COc1ccc([C@H]2CN(NCC(=O)CO)C([C@@H](C)O)[C@H]2C)cc1OCC1CC1. The van der Waals surface area contributed by atoms with Gasteiger partial charge in [-0.05, 0) is 49.3 Å². The minimum absolute atomic E-state index is 0.0531. The lowest BCUT2D eigenvalue weighted by Gasteiger charge is -2.29. The molecule has 7 heteroatoms. The minimum Gasteiger partial charge on any atom is -0.493 e. The molecule has 4 atom stereocenters. The van der Waals surface area contributed by atoms with Crippen LogP contribution in [0.5, 0.6) is 11.5 Å². The van der Waals surface area contributed by atoms with E-state index in [0.717, 1.165) is 17.1 Å². The van der Waals surface area contributed by atoms with Crippen molar-refractivity contribution in [3.05, 3.63) is 23.8 Å². The van der Waals surface area contributed by atoms with Crippen molar-refractivity contribution in [1.82, 2.24) is 10.4 Å². The van der Waals surface area contributed by atoms with Gasteiger partial charge in [0.05, 0.1) is 32.4 Å². The molecule has 1 aliphatic heterocycles. The van der Waals surface area contributed by atoms with Crippen LogP contribution in [0.15, 0.2) is 18.2 Å². The van der Waals surface area contributed by atoms with Gasteiger partial charge in [0.1, 0.15) is 6.61 Å². The fraction of sp³-hybridized carbons (Fsp3) is 0.667. The van der Waals surface area contributed by atoms with Crippen molar-refractivity contribution in [2.24, 2.45) is 11.8 Å². The zero-order valence-electron chi connectivity index (χ0n) is 16.9. The van der Waals surface area contributed by atoms with E-state index in [-0.39, 0.29) is 30.2 Å². The van der Waals surface area contributed by atoms with Crippen molar-refractivity contribution in [2.75, 3.05) is 33.4 Å². The zero-order chi connectivity index (χ0) is 20.3. The Hall–Kier alpha value is -1.67. The number of nitrogens with one attached hydrogen (secondary N) is 1. The lowest BCUT2D eigenvalue weighted by molar-refractivity contribution is -0.122. The van der Waals surface area contributed by atoms with E-state index in [2.05, 4.69) is 12.3 Å². The Kier molecular flexibility index (Phi) is 6.93. The third kappa shape index (κ3) is 4.84. The van der Waals surface area contributed by atoms with Crippen LogP contribution in [0.2, 0.25) is 0 Å². The number of methoxy groups -OCH3 is 1. The molecule has 1 saturated heterocycles. The van der Waals surface area contributed by atoms with E-state index in [9.17, 15) is 9.90 Å². The second-order valence-electron chi connectivity index (χ2n) is 8.05. The molecule has 7 nitrogen and oxygen atoms in total. The molecule has 0 aromatic heterocycles. The van der Waals surface area contributed by atoms with Crippen molar-refractivity contribution in [2.45, 2.75) is 44.8 Å². The topological polar surface area (TPSA) is 91.3 Å².